The highest BCUT2D eigenvalue weighted by Gasteiger charge is 2.36. The Kier molecular flexibility index (Phi) is 11.3. The summed E-state index contributed by atoms with van der Waals surface area (Å²) in [4.78, 5) is 2.46. The van der Waals surface area contributed by atoms with Gasteiger partial charge in [0.2, 0.25) is 0 Å². The van der Waals surface area contributed by atoms with Crippen LogP contribution in [-0.2, 0) is 18.3 Å². The van der Waals surface area contributed by atoms with Gasteiger partial charge in [0.15, 0.2) is 0 Å². The van der Waals surface area contributed by atoms with E-state index in [-0.39, 0.29) is 5.41 Å². The first-order chi connectivity index (χ1) is 34.9. The molecule has 0 radical (unpaired) electrons. The molecule has 0 spiro atoms. The van der Waals surface area contributed by atoms with Crippen LogP contribution in [0.1, 0.15) is 62.8 Å². The predicted octanol–water partition coefficient (Wildman–Crippen LogP) is 19.1. The SMILES string of the molecule is CCCc1ccc2c(c1)c1cc(CCC)ccc1n2-c1ccc(-c2ccc(-c3ccc(N(c4ccc5c(c4)C(C)(C)c4ccccc4-5)c4ccccc4-c4ccccc4-c4ccccc4)cc3)cc2)cc1. The molecule has 0 amide bonds. The predicted molar refractivity (Wildman–Crippen MR) is 303 cm³/mol. The van der Waals surface area contributed by atoms with Crippen LogP contribution in [0.25, 0.3) is 83.1 Å². The fourth-order valence-corrected chi connectivity index (χ4v) is 11.5. The van der Waals surface area contributed by atoms with Gasteiger partial charge in [-0.3, -0.25) is 0 Å². The van der Waals surface area contributed by atoms with E-state index in [1.165, 1.54) is 105 Å². The van der Waals surface area contributed by atoms with Crippen LogP contribution in [-0.4, -0.2) is 4.57 Å². The Hall–Kier alpha value is -8.20. The Morgan fingerprint density at radius 1 is 0.366 bits per heavy atom. The van der Waals surface area contributed by atoms with Gasteiger partial charge in [-0.2, -0.15) is 0 Å². The van der Waals surface area contributed by atoms with E-state index in [1.807, 2.05) is 0 Å². The van der Waals surface area contributed by atoms with Crippen LogP contribution < -0.4 is 4.90 Å². The second kappa shape index (κ2) is 18.3. The van der Waals surface area contributed by atoms with Gasteiger partial charge in [0.1, 0.15) is 0 Å². The summed E-state index contributed by atoms with van der Waals surface area (Å²) in [6.45, 7) is 9.25. The maximum Gasteiger partial charge on any atom is 0.0541 e. The van der Waals surface area contributed by atoms with Crippen LogP contribution in [0.5, 0.6) is 0 Å². The topological polar surface area (TPSA) is 8.17 Å². The van der Waals surface area contributed by atoms with Crippen LogP contribution in [0.2, 0.25) is 0 Å². The fraction of sp³-hybridized carbons (Fsp3) is 0.130. The van der Waals surface area contributed by atoms with Crippen molar-refractivity contribution in [2.45, 2.75) is 58.8 Å². The molecule has 0 fully saturated rings. The van der Waals surface area contributed by atoms with E-state index >= 15 is 0 Å². The highest BCUT2D eigenvalue weighted by molar-refractivity contribution is 6.10. The third kappa shape index (κ3) is 7.85. The molecule has 2 heteroatoms. The molecule has 0 aliphatic heterocycles. The minimum absolute atomic E-state index is 0.130. The van der Waals surface area contributed by atoms with Crippen molar-refractivity contribution in [3.05, 3.63) is 253 Å². The molecule has 71 heavy (non-hydrogen) atoms. The van der Waals surface area contributed by atoms with Crippen LogP contribution in [0.4, 0.5) is 17.1 Å². The summed E-state index contributed by atoms with van der Waals surface area (Å²) in [6, 6.07) is 85.9. The summed E-state index contributed by atoms with van der Waals surface area (Å²) in [5.74, 6) is 0. The van der Waals surface area contributed by atoms with Crippen molar-refractivity contribution in [1.82, 2.24) is 4.57 Å². The molecule has 2 nitrogen and oxygen atoms in total. The minimum atomic E-state index is -0.130. The molecule has 10 aromatic carbocycles. The molecule has 0 N–H and O–H groups in total. The molecule has 0 unspecified atom stereocenters. The number of rotatable bonds is 12. The van der Waals surface area contributed by atoms with Crippen LogP contribution in [0, 0.1) is 0 Å². The van der Waals surface area contributed by atoms with Crippen molar-refractivity contribution < 1.29 is 0 Å². The summed E-state index contributed by atoms with van der Waals surface area (Å²) in [5.41, 5.74) is 24.7. The number of para-hydroxylation sites is 1. The standard InChI is InChI=1S/C69H58N2/c1-5-16-47-26-42-67-62(44-47)63-45-48(17-6-2)27-43-68(63)71(67)55-38-34-52(35-39-55)50-30-28-49(29-31-50)51-32-36-54(37-33-51)70(56-40-41-60-59-22-12-14-24-64(59)69(3,4)65(60)46-56)66-25-15-13-23-61(66)58-21-11-10-20-57(58)53-18-8-7-9-19-53/h7-15,18-46H,5-6,16-17H2,1-4H3. The summed E-state index contributed by atoms with van der Waals surface area (Å²) >= 11 is 0. The summed E-state index contributed by atoms with van der Waals surface area (Å²) in [5, 5.41) is 2.69. The summed E-state index contributed by atoms with van der Waals surface area (Å²) in [7, 11) is 0. The third-order valence-electron chi connectivity index (χ3n) is 15.0. The second-order valence-electron chi connectivity index (χ2n) is 19.9. The monoisotopic (exact) mass is 914 g/mol. The molecule has 1 aliphatic rings. The zero-order chi connectivity index (χ0) is 48.1. The second-order valence-corrected chi connectivity index (χ2v) is 19.9. The van der Waals surface area contributed by atoms with E-state index in [9.17, 15) is 0 Å². The highest BCUT2D eigenvalue weighted by atomic mass is 15.1. The average Bonchev–Trinajstić information content (AvgIpc) is 3.86. The Balaban J connectivity index is 0.884. The molecular formula is C69H58N2. The number of benzene rings is 10. The zero-order valence-corrected chi connectivity index (χ0v) is 41.2. The number of aryl methyl sites for hydroxylation is 2. The molecule has 0 saturated carbocycles. The van der Waals surface area contributed by atoms with Gasteiger partial charge < -0.3 is 9.47 Å². The smallest absolute Gasteiger partial charge is 0.0541 e. The van der Waals surface area contributed by atoms with Gasteiger partial charge in [0.25, 0.3) is 0 Å². The van der Waals surface area contributed by atoms with Gasteiger partial charge >= 0.3 is 0 Å². The van der Waals surface area contributed by atoms with Crippen LogP contribution >= 0.6 is 0 Å². The van der Waals surface area contributed by atoms with Gasteiger partial charge in [-0.05, 0) is 152 Å². The summed E-state index contributed by atoms with van der Waals surface area (Å²) in [6.07, 6.45) is 4.48. The lowest BCUT2D eigenvalue weighted by atomic mass is 9.82. The average molecular weight is 915 g/mol. The Labute approximate surface area is 419 Å². The Morgan fingerprint density at radius 2 is 0.845 bits per heavy atom. The lowest BCUT2D eigenvalue weighted by molar-refractivity contribution is 0.660. The molecule has 12 rings (SSSR count). The first-order valence-corrected chi connectivity index (χ1v) is 25.5. The minimum Gasteiger partial charge on any atom is -0.310 e. The van der Waals surface area contributed by atoms with Gasteiger partial charge in [0.05, 0.1) is 16.7 Å². The Bertz CT molecular complexity index is 3660. The van der Waals surface area contributed by atoms with Crippen molar-refractivity contribution in [3.8, 4) is 61.3 Å². The third-order valence-corrected chi connectivity index (χ3v) is 15.0. The molecule has 1 aromatic heterocycles. The number of hydrogen-bond donors (Lipinski definition) is 0. The van der Waals surface area contributed by atoms with Gasteiger partial charge in [-0.25, -0.2) is 0 Å². The number of aromatic nitrogens is 1. The molecule has 11 aromatic rings. The summed E-state index contributed by atoms with van der Waals surface area (Å²) < 4.78 is 2.44. The lowest BCUT2D eigenvalue weighted by Crippen LogP contribution is -2.17. The fourth-order valence-electron chi connectivity index (χ4n) is 11.5. The maximum atomic E-state index is 2.46. The highest BCUT2D eigenvalue weighted by Crippen LogP contribution is 2.52. The van der Waals surface area contributed by atoms with Crippen LogP contribution in [0.15, 0.2) is 231 Å². The number of hydrogen-bond acceptors (Lipinski definition) is 1. The number of anilines is 3. The van der Waals surface area contributed by atoms with E-state index in [0.29, 0.717) is 0 Å². The molecule has 0 saturated heterocycles. The van der Waals surface area contributed by atoms with Gasteiger partial charge in [-0.1, -0.05) is 204 Å². The largest absolute Gasteiger partial charge is 0.310 e. The van der Waals surface area contributed by atoms with E-state index in [1.54, 1.807) is 0 Å². The molecule has 0 atom stereocenters. The van der Waals surface area contributed by atoms with Crippen molar-refractivity contribution in [2.75, 3.05) is 4.90 Å². The van der Waals surface area contributed by atoms with Crippen LogP contribution in [0.3, 0.4) is 0 Å². The van der Waals surface area contributed by atoms with Gasteiger partial charge in [-0.15, -0.1) is 0 Å². The molecule has 1 heterocycles. The van der Waals surface area contributed by atoms with Crippen molar-refractivity contribution in [2.24, 2.45) is 0 Å². The number of nitrogens with zero attached hydrogens (tertiary/aromatic N) is 2. The van der Waals surface area contributed by atoms with E-state index in [0.717, 1.165) is 42.7 Å². The number of fused-ring (bicyclic) bond motifs is 6. The molecule has 0 bridgehead atoms. The molecule has 344 valence electrons. The van der Waals surface area contributed by atoms with Gasteiger partial charge in [0, 0.05) is 38.8 Å². The van der Waals surface area contributed by atoms with Crippen molar-refractivity contribution in [1.29, 1.82) is 0 Å². The van der Waals surface area contributed by atoms with E-state index < -0.39 is 0 Å². The first-order valence-electron chi connectivity index (χ1n) is 25.5. The van der Waals surface area contributed by atoms with Crippen molar-refractivity contribution in [3.63, 3.8) is 0 Å². The lowest BCUT2D eigenvalue weighted by Gasteiger charge is -2.30. The quantitative estimate of drug-likeness (QED) is 0.119. The first kappa shape index (κ1) is 44.0. The zero-order valence-electron chi connectivity index (χ0n) is 41.2. The Morgan fingerprint density at radius 3 is 1.45 bits per heavy atom. The maximum absolute atomic E-state index is 2.46. The van der Waals surface area contributed by atoms with Crippen molar-refractivity contribution >= 4 is 38.9 Å². The molecule has 1 aliphatic carbocycles. The van der Waals surface area contributed by atoms with E-state index in [2.05, 4.69) is 268 Å². The normalized spacial score (nSPS) is 12.6. The van der Waals surface area contributed by atoms with E-state index in [4.69, 9.17) is 0 Å². The molecular weight excluding hydrogens is 857 g/mol.